The molecule has 0 N–H and O–H groups in total. The lowest BCUT2D eigenvalue weighted by atomic mass is 9.98. The summed E-state index contributed by atoms with van der Waals surface area (Å²) in [6.07, 6.45) is 1.73. The van der Waals surface area contributed by atoms with Crippen molar-refractivity contribution in [2.45, 2.75) is 40.5 Å². The second kappa shape index (κ2) is 9.72. The number of hydrogen-bond donors (Lipinski definition) is 0. The Labute approximate surface area is 165 Å². The van der Waals surface area contributed by atoms with E-state index in [1.54, 1.807) is 6.92 Å². The lowest BCUT2D eigenvalue weighted by molar-refractivity contribution is -0.120. The molecule has 2 aromatic rings. The molecule has 0 bridgehead atoms. The lowest BCUT2D eigenvalue weighted by Crippen LogP contribution is -2.09. The molecule has 1 unspecified atom stereocenters. The molecular weight excluding hydrogens is 388 g/mol. The third-order valence-corrected chi connectivity index (χ3v) is 5.34. The monoisotopic (exact) mass is 414 g/mol. The molecule has 0 saturated carbocycles. The Morgan fingerprint density at radius 2 is 1.65 bits per heavy atom. The Hall–Kier alpha value is -1.87. The summed E-state index contributed by atoms with van der Waals surface area (Å²) in [5, 5.41) is 0. The highest BCUT2D eigenvalue weighted by Gasteiger charge is 2.09. The maximum atomic E-state index is 11.4. The Morgan fingerprint density at radius 1 is 1.04 bits per heavy atom. The zero-order valence-electron chi connectivity index (χ0n) is 16.0. The normalized spacial score (nSPS) is 13.1. The fourth-order valence-corrected chi connectivity index (χ4v) is 3.03. The highest BCUT2D eigenvalue weighted by atomic mass is 79.9. The van der Waals surface area contributed by atoms with Gasteiger partial charge in [-0.3, -0.25) is 4.79 Å². The molecule has 0 amide bonds. The van der Waals surface area contributed by atoms with Crippen molar-refractivity contribution < 1.29 is 9.53 Å². The van der Waals surface area contributed by atoms with Crippen LogP contribution in [0.1, 0.15) is 45.2 Å². The molecule has 2 nitrogen and oxygen atoms in total. The van der Waals surface area contributed by atoms with Crippen molar-refractivity contribution in [3.8, 4) is 5.75 Å². The number of rotatable bonds is 8. The quantitative estimate of drug-likeness (QED) is 0.493. The number of hydrogen-bond acceptors (Lipinski definition) is 2. The van der Waals surface area contributed by atoms with E-state index in [9.17, 15) is 4.79 Å². The molecule has 0 aliphatic heterocycles. The smallest absolute Gasteiger partial charge is 0.132 e. The molecule has 0 aliphatic carbocycles. The van der Waals surface area contributed by atoms with Crippen LogP contribution in [0.3, 0.4) is 0 Å². The number of ketones is 1. The van der Waals surface area contributed by atoms with Gasteiger partial charge in [0.2, 0.25) is 0 Å². The van der Waals surface area contributed by atoms with Gasteiger partial charge in [-0.1, -0.05) is 54.0 Å². The molecule has 0 fully saturated rings. The number of halogens is 1. The van der Waals surface area contributed by atoms with Crippen LogP contribution in [0.2, 0.25) is 0 Å². The molecule has 0 saturated heterocycles. The van der Waals surface area contributed by atoms with Gasteiger partial charge in [0.05, 0.1) is 0 Å². The van der Waals surface area contributed by atoms with E-state index in [4.69, 9.17) is 4.74 Å². The first-order chi connectivity index (χ1) is 12.4. The SMILES string of the molecule is CC/C(COc1ccc(CC(C)C(C)=O)cc1)=C(/C)c1ccc(Br)cc1. The van der Waals surface area contributed by atoms with Crippen LogP contribution >= 0.6 is 15.9 Å². The number of allylic oxidation sites excluding steroid dienone is 1. The van der Waals surface area contributed by atoms with E-state index in [1.807, 2.05) is 31.2 Å². The second-order valence-corrected chi connectivity index (χ2v) is 7.65. The van der Waals surface area contributed by atoms with Gasteiger partial charge in [-0.05, 0) is 73.2 Å². The number of Topliss-reactive ketones (excluding diaryl/α,β-unsaturated/α-hetero) is 1. The molecule has 0 spiro atoms. The maximum Gasteiger partial charge on any atom is 0.132 e. The summed E-state index contributed by atoms with van der Waals surface area (Å²) < 4.78 is 7.08. The van der Waals surface area contributed by atoms with Gasteiger partial charge < -0.3 is 4.74 Å². The average Bonchev–Trinajstić information content (AvgIpc) is 2.63. The standard InChI is InChI=1S/C23H27BrO2/c1-5-20(17(3)21-8-10-22(24)11-9-21)15-26-23-12-6-19(7-13-23)14-16(2)18(4)25/h6-13,16H,5,14-15H2,1-4H3/b20-17+. The van der Waals surface area contributed by atoms with Gasteiger partial charge in [0.15, 0.2) is 0 Å². The van der Waals surface area contributed by atoms with E-state index >= 15 is 0 Å². The van der Waals surface area contributed by atoms with Crippen LogP contribution in [0, 0.1) is 5.92 Å². The van der Waals surface area contributed by atoms with Gasteiger partial charge in [-0.2, -0.15) is 0 Å². The van der Waals surface area contributed by atoms with Gasteiger partial charge in [-0.25, -0.2) is 0 Å². The Morgan fingerprint density at radius 3 is 2.19 bits per heavy atom. The minimum absolute atomic E-state index is 0.0601. The first-order valence-electron chi connectivity index (χ1n) is 9.07. The second-order valence-electron chi connectivity index (χ2n) is 6.74. The molecule has 138 valence electrons. The van der Waals surface area contributed by atoms with Crippen LogP contribution in [0.25, 0.3) is 5.57 Å². The van der Waals surface area contributed by atoms with Crippen molar-refractivity contribution in [3.63, 3.8) is 0 Å². The first-order valence-corrected chi connectivity index (χ1v) is 9.86. The summed E-state index contributed by atoms with van der Waals surface area (Å²) in [6, 6.07) is 16.5. The zero-order valence-corrected chi connectivity index (χ0v) is 17.6. The third kappa shape index (κ3) is 5.84. The predicted molar refractivity (Wildman–Crippen MR) is 113 cm³/mol. The van der Waals surface area contributed by atoms with Crippen molar-refractivity contribution in [3.05, 3.63) is 69.7 Å². The minimum atomic E-state index is 0.0601. The molecule has 2 rings (SSSR count). The van der Waals surface area contributed by atoms with Gasteiger partial charge in [0.1, 0.15) is 18.1 Å². The van der Waals surface area contributed by atoms with Crippen LogP contribution in [-0.4, -0.2) is 12.4 Å². The van der Waals surface area contributed by atoms with Crippen molar-refractivity contribution in [1.29, 1.82) is 0 Å². The molecule has 0 aromatic heterocycles. The molecule has 26 heavy (non-hydrogen) atoms. The number of carbonyl (C=O) groups excluding carboxylic acids is 1. The van der Waals surface area contributed by atoms with Crippen molar-refractivity contribution in [2.24, 2.45) is 5.92 Å². The van der Waals surface area contributed by atoms with Crippen molar-refractivity contribution in [1.82, 2.24) is 0 Å². The molecule has 0 aliphatic rings. The van der Waals surface area contributed by atoms with Crippen LogP contribution in [-0.2, 0) is 11.2 Å². The van der Waals surface area contributed by atoms with E-state index in [2.05, 4.69) is 54.0 Å². The summed E-state index contributed by atoms with van der Waals surface area (Å²) in [5.41, 5.74) is 4.95. The van der Waals surface area contributed by atoms with Crippen molar-refractivity contribution in [2.75, 3.05) is 6.61 Å². The topological polar surface area (TPSA) is 26.3 Å². The Balaban J connectivity index is 2.02. The molecule has 0 radical (unpaired) electrons. The molecule has 1 atom stereocenters. The Bertz CT molecular complexity index is 758. The van der Waals surface area contributed by atoms with Crippen molar-refractivity contribution >= 4 is 27.3 Å². The number of benzene rings is 2. The summed E-state index contributed by atoms with van der Waals surface area (Å²) in [4.78, 5) is 11.4. The number of ether oxygens (including phenoxy) is 1. The first kappa shape index (κ1) is 20.4. The van der Waals surface area contributed by atoms with Gasteiger partial charge in [0, 0.05) is 10.4 Å². The van der Waals surface area contributed by atoms with E-state index in [-0.39, 0.29) is 11.7 Å². The lowest BCUT2D eigenvalue weighted by Gasteiger charge is -2.14. The Kier molecular flexibility index (Phi) is 7.65. The van der Waals surface area contributed by atoms with Crippen LogP contribution in [0.5, 0.6) is 5.75 Å². The molecular formula is C23H27BrO2. The fourth-order valence-electron chi connectivity index (χ4n) is 2.77. The molecule has 2 aromatic carbocycles. The van der Waals surface area contributed by atoms with E-state index < -0.39 is 0 Å². The predicted octanol–water partition coefficient (Wildman–Crippen LogP) is 6.48. The molecule has 3 heteroatoms. The third-order valence-electron chi connectivity index (χ3n) is 4.81. The van der Waals surface area contributed by atoms with E-state index in [1.165, 1.54) is 16.7 Å². The van der Waals surface area contributed by atoms with Crippen LogP contribution in [0.4, 0.5) is 0 Å². The van der Waals surface area contributed by atoms with Gasteiger partial charge in [0.25, 0.3) is 0 Å². The van der Waals surface area contributed by atoms with E-state index in [0.29, 0.717) is 6.61 Å². The van der Waals surface area contributed by atoms with Gasteiger partial charge >= 0.3 is 0 Å². The van der Waals surface area contributed by atoms with Crippen LogP contribution in [0.15, 0.2) is 58.6 Å². The fraction of sp³-hybridized carbons (Fsp3) is 0.348. The van der Waals surface area contributed by atoms with Gasteiger partial charge in [-0.15, -0.1) is 0 Å². The minimum Gasteiger partial charge on any atom is -0.489 e. The van der Waals surface area contributed by atoms with E-state index in [0.717, 1.165) is 28.6 Å². The summed E-state index contributed by atoms with van der Waals surface area (Å²) >= 11 is 3.48. The largest absolute Gasteiger partial charge is 0.489 e. The summed E-state index contributed by atoms with van der Waals surface area (Å²) in [5.74, 6) is 1.15. The highest BCUT2D eigenvalue weighted by Crippen LogP contribution is 2.24. The highest BCUT2D eigenvalue weighted by molar-refractivity contribution is 9.10. The summed E-state index contributed by atoms with van der Waals surface area (Å²) in [6.45, 7) is 8.51. The summed E-state index contributed by atoms with van der Waals surface area (Å²) in [7, 11) is 0. The average molecular weight is 415 g/mol. The van der Waals surface area contributed by atoms with Crippen LogP contribution < -0.4 is 4.74 Å². The zero-order chi connectivity index (χ0) is 19.1. The molecule has 0 heterocycles. The maximum absolute atomic E-state index is 11.4. The number of carbonyl (C=O) groups is 1.